The van der Waals surface area contributed by atoms with Crippen LogP contribution in [0.2, 0.25) is 5.02 Å². The lowest BCUT2D eigenvalue weighted by molar-refractivity contribution is 0.485. The third-order valence-corrected chi connectivity index (χ3v) is 5.36. The van der Waals surface area contributed by atoms with Crippen LogP contribution in [0.25, 0.3) is 11.0 Å². The van der Waals surface area contributed by atoms with Gasteiger partial charge in [-0.25, -0.2) is 9.37 Å². The van der Waals surface area contributed by atoms with Crippen LogP contribution in [0.1, 0.15) is 25.5 Å². The van der Waals surface area contributed by atoms with Gasteiger partial charge in [0.25, 0.3) is 0 Å². The average Bonchev–Trinajstić information content (AvgIpc) is 3.04. The van der Waals surface area contributed by atoms with E-state index in [0.717, 1.165) is 30.7 Å². The van der Waals surface area contributed by atoms with E-state index in [-0.39, 0.29) is 11.9 Å². The number of imidazole rings is 1. The van der Waals surface area contributed by atoms with Gasteiger partial charge in [-0.2, -0.15) is 0 Å². The summed E-state index contributed by atoms with van der Waals surface area (Å²) in [5.74, 6) is -0.293. The summed E-state index contributed by atoms with van der Waals surface area (Å²) in [6.45, 7) is 7.10. The summed E-state index contributed by atoms with van der Waals surface area (Å²) in [5, 5.41) is 3.87. The molecule has 2 aromatic carbocycles. The highest BCUT2D eigenvalue weighted by molar-refractivity contribution is 6.30. The zero-order chi connectivity index (χ0) is 18.3. The number of nitrogens with one attached hydrogen (secondary N) is 1. The van der Waals surface area contributed by atoms with Gasteiger partial charge in [0.1, 0.15) is 5.82 Å². The maximum atomic E-state index is 14.4. The minimum absolute atomic E-state index is 0.172. The van der Waals surface area contributed by atoms with Gasteiger partial charge in [-0.1, -0.05) is 17.7 Å². The number of fused-ring (bicyclic) bond motifs is 1. The van der Waals surface area contributed by atoms with Crippen LogP contribution in [-0.2, 0) is 0 Å². The van der Waals surface area contributed by atoms with Crippen molar-refractivity contribution >= 4 is 28.3 Å². The molecule has 2 atom stereocenters. The molecule has 1 saturated heterocycles. The fourth-order valence-corrected chi connectivity index (χ4v) is 3.84. The number of rotatable bonds is 3. The summed E-state index contributed by atoms with van der Waals surface area (Å²) in [6, 6.07) is 11.4. The predicted octanol–water partition coefficient (Wildman–Crippen LogP) is 4.24. The Morgan fingerprint density at radius 2 is 2.12 bits per heavy atom. The Hall–Kier alpha value is -2.11. The Morgan fingerprint density at radius 3 is 2.88 bits per heavy atom. The first-order valence-corrected chi connectivity index (χ1v) is 9.30. The molecule has 6 heteroatoms. The van der Waals surface area contributed by atoms with E-state index in [2.05, 4.69) is 34.3 Å². The second-order valence-corrected chi connectivity index (χ2v) is 7.40. The first-order valence-electron chi connectivity index (χ1n) is 8.93. The molecule has 0 bridgehead atoms. The molecule has 2 heterocycles. The Labute approximate surface area is 157 Å². The SMILES string of the molecule is CC1CN(c2ccc3ncn([C@H](C)c4ccc(Cl)cc4F)c3c2)CCN1. The molecule has 1 aromatic heterocycles. The van der Waals surface area contributed by atoms with E-state index < -0.39 is 0 Å². The number of aromatic nitrogens is 2. The van der Waals surface area contributed by atoms with Crippen molar-refractivity contribution in [3.8, 4) is 0 Å². The topological polar surface area (TPSA) is 33.1 Å². The van der Waals surface area contributed by atoms with E-state index in [9.17, 15) is 4.39 Å². The molecule has 0 aliphatic carbocycles. The fraction of sp³-hybridized carbons (Fsp3) is 0.350. The maximum Gasteiger partial charge on any atom is 0.129 e. The lowest BCUT2D eigenvalue weighted by Crippen LogP contribution is -2.49. The molecule has 0 radical (unpaired) electrons. The summed E-state index contributed by atoms with van der Waals surface area (Å²) in [5.41, 5.74) is 3.71. The van der Waals surface area contributed by atoms with Gasteiger partial charge >= 0.3 is 0 Å². The lowest BCUT2D eigenvalue weighted by atomic mass is 10.1. The number of halogens is 2. The molecular weight excluding hydrogens is 351 g/mol. The van der Waals surface area contributed by atoms with Crippen molar-refractivity contribution in [2.45, 2.75) is 25.9 Å². The van der Waals surface area contributed by atoms with Crippen LogP contribution in [-0.4, -0.2) is 35.2 Å². The molecule has 1 aliphatic heterocycles. The lowest BCUT2D eigenvalue weighted by Gasteiger charge is -2.33. The van der Waals surface area contributed by atoms with Crippen LogP contribution in [0.4, 0.5) is 10.1 Å². The fourth-order valence-electron chi connectivity index (χ4n) is 3.68. The molecule has 3 aromatic rings. The van der Waals surface area contributed by atoms with Gasteiger partial charge in [0.2, 0.25) is 0 Å². The van der Waals surface area contributed by atoms with E-state index in [1.165, 1.54) is 11.8 Å². The van der Waals surface area contributed by atoms with Crippen molar-refractivity contribution in [1.29, 1.82) is 0 Å². The summed E-state index contributed by atoms with van der Waals surface area (Å²) in [7, 11) is 0. The van der Waals surface area contributed by atoms with Crippen LogP contribution in [0, 0.1) is 5.82 Å². The molecule has 1 unspecified atom stereocenters. The van der Waals surface area contributed by atoms with Crippen LogP contribution >= 0.6 is 11.6 Å². The Balaban J connectivity index is 1.72. The zero-order valence-corrected chi connectivity index (χ0v) is 15.7. The quantitative estimate of drug-likeness (QED) is 0.746. The first-order chi connectivity index (χ1) is 12.5. The molecule has 4 rings (SSSR count). The summed E-state index contributed by atoms with van der Waals surface area (Å²) >= 11 is 5.89. The molecule has 0 amide bonds. The molecule has 1 N–H and O–H groups in total. The molecule has 136 valence electrons. The zero-order valence-electron chi connectivity index (χ0n) is 14.9. The maximum absolute atomic E-state index is 14.4. The molecule has 1 fully saturated rings. The number of nitrogens with zero attached hydrogens (tertiary/aromatic N) is 3. The van der Waals surface area contributed by atoms with E-state index in [4.69, 9.17) is 11.6 Å². The largest absolute Gasteiger partial charge is 0.369 e. The molecule has 4 nitrogen and oxygen atoms in total. The summed E-state index contributed by atoms with van der Waals surface area (Å²) in [4.78, 5) is 6.88. The van der Waals surface area contributed by atoms with E-state index in [0.29, 0.717) is 16.6 Å². The third-order valence-electron chi connectivity index (χ3n) is 5.12. The molecule has 0 saturated carbocycles. The normalized spacial score (nSPS) is 19.1. The molecule has 0 spiro atoms. The highest BCUT2D eigenvalue weighted by Gasteiger charge is 2.19. The van der Waals surface area contributed by atoms with Crippen LogP contribution in [0.3, 0.4) is 0 Å². The van der Waals surface area contributed by atoms with Crippen molar-refractivity contribution in [3.63, 3.8) is 0 Å². The minimum Gasteiger partial charge on any atom is -0.369 e. The smallest absolute Gasteiger partial charge is 0.129 e. The van der Waals surface area contributed by atoms with Crippen molar-refractivity contribution in [3.05, 3.63) is 59.1 Å². The van der Waals surface area contributed by atoms with Gasteiger partial charge in [0.05, 0.1) is 23.4 Å². The highest BCUT2D eigenvalue weighted by atomic mass is 35.5. The number of anilines is 1. The predicted molar refractivity (Wildman–Crippen MR) is 105 cm³/mol. The summed E-state index contributed by atoms with van der Waals surface area (Å²) < 4.78 is 16.4. The van der Waals surface area contributed by atoms with E-state index in [1.807, 2.05) is 17.6 Å². The van der Waals surface area contributed by atoms with E-state index >= 15 is 0 Å². The van der Waals surface area contributed by atoms with Gasteiger partial charge in [-0.3, -0.25) is 0 Å². The number of hydrogen-bond donors (Lipinski definition) is 1. The first kappa shape index (κ1) is 17.3. The number of benzene rings is 2. The standard InChI is InChI=1S/C20H22ClFN4/c1-13-11-25(8-7-23-13)16-4-6-19-20(10-16)26(12-24-19)14(2)17-5-3-15(21)9-18(17)22/h3-6,9-10,12-14,23H,7-8,11H2,1-2H3/t13?,14-/m1/s1. The Bertz CT molecular complexity index is 939. The average molecular weight is 373 g/mol. The Kier molecular flexibility index (Phi) is 4.59. The van der Waals surface area contributed by atoms with Crippen LogP contribution in [0.15, 0.2) is 42.7 Å². The van der Waals surface area contributed by atoms with Gasteiger partial charge in [0.15, 0.2) is 0 Å². The third kappa shape index (κ3) is 3.17. The van der Waals surface area contributed by atoms with Crippen LogP contribution < -0.4 is 10.2 Å². The second-order valence-electron chi connectivity index (χ2n) is 6.97. The van der Waals surface area contributed by atoms with Gasteiger partial charge in [0, 0.05) is 41.9 Å². The summed E-state index contributed by atoms with van der Waals surface area (Å²) in [6.07, 6.45) is 1.79. The highest BCUT2D eigenvalue weighted by Crippen LogP contribution is 2.29. The molecular formula is C20H22ClFN4. The van der Waals surface area contributed by atoms with Crippen molar-refractivity contribution in [2.24, 2.45) is 0 Å². The Morgan fingerprint density at radius 1 is 1.27 bits per heavy atom. The van der Waals surface area contributed by atoms with Gasteiger partial charge in [-0.15, -0.1) is 0 Å². The van der Waals surface area contributed by atoms with Gasteiger partial charge < -0.3 is 14.8 Å². The number of piperazine rings is 1. The number of hydrogen-bond acceptors (Lipinski definition) is 3. The van der Waals surface area contributed by atoms with E-state index in [1.54, 1.807) is 18.5 Å². The molecule has 26 heavy (non-hydrogen) atoms. The van der Waals surface area contributed by atoms with Crippen molar-refractivity contribution in [1.82, 2.24) is 14.9 Å². The monoisotopic (exact) mass is 372 g/mol. The van der Waals surface area contributed by atoms with Gasteiger partial charge in [-0.05, 0) is 44.2 Å². The molecule has 1 aliphatic rings. The minimum atomic E-state index is -0.293. The van der Waals surface area contributed by atoms with Crippen molar-refractivity contribution < 1.29 is 4.39 Å². The van der Waals surface area contributed by atoms with Crippen molar-refractivity contribution in [2.75, 3.05) is 24.5 Å². The van der Waals surface area contributed by atoms with Crippen LogP contribution in [0.5, 0.6) is 0 Å². The second kappa shape index (κ2) is 6.89.